The van der Waals surface area contributed by atoms with E-state index in [-0.39, 0.29) is 6.79 Å². The van der Waals surface area contributed by atoms with E-state index in [9.17, 15) is 0 Å². The molecular weight excluding hydrogens is 343 g/mol. The Morgan fingerprint density at radius 2 is 1.89 bits per heavy atom. The van der Waals surface area contributed by atoms with E-state index in [4.69, 9.17) is 15.2 Å². The largest absolute Gasteiger partial charge is 0.454 e. The second kappa shape index (κ2) is 4.56. The van der Waals surface area contributed by atoms with Crippen molar-refractivity contribution in [2.75, 3.05) is 17.8 Å². The third-order valence-electron chi connectivity index (χ3n) is 2.67. The summed E-state index contributed by atoms with van der Waals surface area (Å²) in [6, 6.07) is 11.6. The van der Waals surface area contributed by atoms with Gasteiger partial charge in [0.2, 0.25) is 6.79 Å². The minimum absolute atomic E-state index is 0.282. The van der Waals surface area contributed by atoms with E-state index in [2.05, 4.69) is 27.9 Å². The highest BCUT2D eigenvalue weighted by molar-refractivity contribution is 14.1. The Kier molecular flexibility index (Phi) is 2.91. The first-order valence-electron chi connectivity index (χ1n) is 5.44. The molecule has 0 saturated carbocycles. The summed E-state index contributed by atoms with van der Waals surface area (Å²) in [5.74, 6) is 1.53. The fourth-order valence-electron chi connectivity index (χ4n) is 1.78. The Labute approximate surface area is 118 Å². The number of anilines is 3. The number of rotatable bonds is 2. The molecule has 1 heterocycles. The van der Waals surface area contributed by atoms with Gasteiger partial charge in [-0.2, -0.15) is 0 Å². The lowest BCUT2D eigenvalue weighted by Crippen LogP contribution is -1.96. The van der Waals surface area contributed by atoms with Crippen LogP contribution in [0.1, 0.15) is 0 Å². The molecular formula is C13H11IN2O2. The maximum atomic E-state index is 5.96. The maximum Gasteiger partial charge on any atom is 0.231 e. The molecule has 0 unspecified atom stereocenters. The van der Waals surface area contributed by atoms with E-state index < -0.39 is 0 Å². The standard InChI is InChI=1S/C13H11IN2O2/c14-8-1-3-11(10(15)5-8)16-9-2-4-12-13(6-9)18-7-17-12/h1-6,16H,7,15H2. The average molecular weight is 354 g/mol. The SMILES string of the molecule is Nc1cc(I)ccc1Nc1ccc2c(c1)OCO2. The van der Waals surface area contributed by atoms with Gasteiger partial charge in [-0.25, -0.2) is 0 Å². The number of nitrogens with one attached hydrogen (secondary N) is 1. The average Bonchev–Trinajstić information content (AvgIpc) is 2.80. The van der Waals surface area contributed by atoms with Crippen LogP contribution in [-0.2, 0) is 0 Å². The van der Waals surface area contributed by atoms with E-state index in [1.54, 1.807) is 0 Å². The predicted molar refractivity (Wildman–Crippen MR) is 79.4 cm³/mol. The summed E-state index contributed by atoms with van der Waals surface area (Å²) in [6.07, 6.45) is 0. The number of nitrogen functional groups attached to an aromatic ring is 1. The fourth-order valence-corrected chi connectivity index (χ4v) is 2.29. The fraction of sp³-hybridized carbons (Fsp3) is 0.0769. The molecule has 0 radical (unpaired) electrons. The Morgan fingerprint density at radius 3 is 2.72 bits per heavy atom. The van der Waals surface area contributed by atoms with E-state index in [0.29, 0.717) is 0 Å². The van der Waals surface area contributed by atoms with Crippen molar-refractivity contribution >= 4 is 39.7 Å². The molecule has 0 fully saturated rings. The molecule has 5 heteroatoms. The van der Waals surface area contributed by atoms with Gasteiger partial charge in [0.25, 0.3) is 0 Å². The van der Waals surface area contributed by atoms with Crippen LogP contribution in [0.3, 0.4) is 0 Å². The highest BCUT2D eigenvalue weighted by Gasteiger charge is 2.13. The first kappa shape index (κ1) is 11.5. The molecule has 92 valence electrons. The van der Waals surface area contributed by atoms with Crippen molar-refractivity contribution in [3.8, 4) is 11.5 Å². The zero-order chi connectivity index (χ0) is 12.5. The van der Waals surface area contributed by atoms with Gasteiger partial charge in [0.1, 0.15) is 0 Å². The summed E-state index contributed by atoms with van der Waals surface area (Å²) < 4.78 is 11.7. The summed E-state index contributed by atoms with van der Waals surface area (Å²) in [7, 11) is 0. The van der Waals surface area contributed by atoms with Crippen molar-refractivity contribution in [3.05, 3.63) is 40.0 Å². The molecule has 0 aliphatic carbocycles. The van der Waals surface area contributed by atoms with Gasteiger partial charge in [-0.05, 0) is 52.9 Å². The van der Waals surface area contributed by atoms with Crippen LogP contribution in [0.5, 0.6) is 11.5 Å². The number of halogens is 1. The van der Waals surface area contributed by atoms with E-state index in [0.717, 1.165) is 32.1 Å². The van der Waals surface area contributed by atoms with Crippen molar-refractivity contribution in [1.82, 2.24) is 0 Å². The molecule has 0 saturated heterocycles. The Bertz CT molecular complexity index is 602. The lowest BCUT2D eigenvalue weighted by atomic mass is 10.2. The summed E-state index contributed by atoms with van der Waals surface area (Å²) >= 11 is 2.23. The maximum absolute atomic E-state index is 5.96. The normalized spacial score (nSPS) is 12.5. The molecule has 0 spiro atoms. The predicted octanol–water partition coefficient (Wildman–Crippen LogP) is 3.35. The molecule has 3 rings (SSSR count). The zero-order valence-corrected chi connectivity index (χ0v) is 11.6. The highest BCUT2D eigenvalue weighted by atomic mass is 127. The molecule has 18 heavy (non-hydrogen) atoms. The molecule has 0 atom stereocenters. The third kappa shape index (κ3) is 2.17. The zero-order valence-electron chi connectivity index (χ0n) is 9.44. The van der Waals surface area contributed by atoms with E-state index in [1.165, 1.54) is 0 Å². The molecule has 3 N–H and O–H groups in total. The number of ether oxygens (including phenoxy) is 2. The lowest BCUT2D eigenvalue weighted by Gasteiger charge is -2.10. The van der Waals surface area contributed by atoms with Crippen molar-refractivity contribution in [2.45, 2.75) is 0 Å². The van der Waals surface area contributed by atoms with Crippen LogP contribution in [-0.4, -0.2) is 6.79 Å². The van der Waals surface area contributed by atoms with Gasteiger partial charge in [0, 0.05) is 15.3 Å². The van der Waals surface area contributed by atoms with Gasteiger partial charge >= 0.3 is 0 Å². The summed E-state index contributed by atoms with van der Waals surface area (Å²) in [5.41, 5.74) is 8.49. The quantitative estimate of drug-likeness (QED) is 0.642. The number of nitrogens with two attached hydrogens (primary N) is 1. The molecule has 1 aliphatic rings. The molecule has 0 bridgehead atoms. The third-order valence-corrected chi connectivity index (χ3v) is 3.34. The summed E-state index contributed by atoms with van der Waals surface area (Å²) in [4.78, 5) is 0. The second-order valence-electron chi connectivity index (χ2n) is 3.92. The van der Waals surface area contributed by atoms with Crippen molar-refractivity contribution in [3.63, 3.8) is 0 Å². The first-order valence-corrected chi connectivity index (χ1v) is 6.52. The lowest BCUT2D eigenvalue weighted by molar-refractivity contribution is 0.174. The van der Waals surface area contributed by atoms with Crippen LogP contribution in [0.15, 0.2) is 36.4 Å². The van der Waals surface area contributed by atoms with Gasteiger partial charge in [-0.15, -0.1) is 0 Å². The van der Waals surface area contributed by atoms with Gasteiger partial charge in [0.15, 0.2) is 11.5 Å². The van der Waals surface area contributed by atoms with Crippen molar-refractivity contribution in [1.29, 1.82) is 0 Å². The minimum atomic E-state index is 0.282. The highest BCUT2D eigenvalue weighted by Crippen LogP contribution is 2.35. The van der Waals surface area contributed by atoms with Gasteiger partial charge in [0.05, 0.1) is 11.4 Å². The van der Waals surface area contributed by atoms with Gasteiger partial charge < -0.3 is 20.5 Å². The Hall–Kier alpha value is -1.63. The number of benzene rings is 2. The van der Waals surface area contributed by atoms with Crippen molar-refractivity contribution in [2.24, 2.45) is 0 Å². The van der Waals surface area contributed by atoms with Crippen LogP contribution < -0.4 is 20.5 Å². The molecule has 2 aromatic carbocycles. The van der Waals surface area contributed by atoms with Crippen LogP contribution >= 0.6 is 22.6 Å². The molecule has 2 aromatic rings. The van der Waals surface area contributed by atoms with Crippen LogP contribution in [0.4, 0.5) is 17.1 Å². The van der Waals surface area contributed by atoms with E-state index >= 15 is 0 Å². The van der Waals surface area contributed by atoms with Gasteiger partial charge in [-0.1, -0.05) is 0 Å². The number of fused-ring (bicyclic) bond motifs is 1. The van der Waals surface area contributed by atoms with Gasteiger partial charge in [-0.3, -0.25) is 0 Å². The number of hydrogen-bond donors (Lipinski definition) is 2. The van der Waals surface area contributed by atoms with Crippen molar-refractivity contribution < 1.29 is 9.47 Å². The summed E-state index contributed by atoms with van der Waals surface area (Å²) in [5, 5.41) is 3.27. The smallest absolute Gasteiger partial charge is 0.231 e. The monoisotopic (exact) mass is 354 g/mol. The van der Waals surface area contributed by atoms with E-state index in [1.807, 2.05) is 36.4 Å². The van der Waals surface area contributed by atoms with Crippen LogP contribution in [0.2, 0.25) is 0 Å². The number of hydrogen-bond acceptors (Lipinski definition) is 4. The van der Waals surface area contributed by atoms with Crippen LogP contribution in [0.25, 0.3) is 0 Å². The minimum Gasteiger partial charge on any atom is -0.454 e. The topological polar surface area (TPSA) is 56.5 Å². The molecule has 1 aliphatic heterocycles. The molecule has 0 aromatic heterocycles. The summed E-state index contributed by atoms with van der Waals surface area (Å²) in [6.45, 7) is 0.282. The van der Waals surface area contributed by atoms with Crippen LogP contribution in [0, 0.1) is 3.57 Å². The second-order valence-corrected chi connectivity index (χ2v) is 5.17. The molecule has 0 amide bonds. The molecule has 4 nitrogen and oxygen atoms in total. The Morgan fingerprint density at radius 1 is 1.06 bits per heavy atom. The first-order chi connectivity index (χ1) is 8.72. The Balaban J connectivity index is 1.88.